The predicted octanol–water partition coefficient (Wildman–Crippen LogP) is 3.88. The number of carbonyl (C=O) groups excluding carboxylic acids is 3. The second-order valence-corrected chi connectivity index (χ2v) is 10.2. The Kier molecular flexibility index (Phi) is 7.91. The summed E-state index contributed by atoms with van der Waals surface area (Å²) >= 11 is 0. The Hall–Kier alpha value is -3.42. The summed E-state index contributed by atoms with van der Waals surface area (Å²) in [5, 5.41) is 5.02. The van der Waals surface area contributed by atoms with E-state index in [9.17, 15) is 18.8 Å². The zero-order chi connectivity index (χ0) is 25.7. The highest BCUT2D eigenvalue weighted by Crippen LogP contribution is 2.28. The van der Waals surface area contributed by atoms with Gasteiger partial charge in [0, 0.05) is 37.3 Å². The second-order valence-electron chi connectivity index (χ2n) is 10.2. The molecule has 0 aliphatic carbocycles. The van der Waals surface area contributed by atoms with E-state index >= 15 is 0 Å². The third-order valence-electron chi connectivity index (χ3n) is 7.31. The average Bonchev–Trinajstić information content (AvgIpc) is 3.11. The molecule has 0 aromatic heterocycles. The largest absolute Gasteiger partial charge is 0.365 e. The van der Waals surface area contributed by atoms with Crippen molar-refractivity contribution < 1.29 is 18.8 Å². The fourth-order valence-electron chi connectivity index (χ4n) is 5.35. The molecule has 2 fully saturated rings. The van der Waals surface area contributed by atoms with Crippen LogP contribution in [0.5, 0.6) is 0 Å². The molecule has 7 nitrogen and oxygen atoms in total. The summed E-state index contributed by atoms with van der Waals surface area (Å²) < 4.78 is 13.8. The smallest absolute Gasteiger partial charge is 0.322 e. The zero-order valence-electron chi connectivity index (χ0n) is 21.0. The van der Waals surface area contributed by atoms with Crippen LogP contribution in [-0.2, 0) is 16.0 Å². The van der Waals surface area contributed by atoms with Gasteiger partial charge >= 0.3 is 6.03 Å². The highest BCUT2D eigenvalue weighted by atomic mass is 19.1. The van der Waals surface area contributed by atoms with Crippen LogP contribution < -0.4 is 15.5 Å². The van der Waals surface area contributed by atoms with Crippen LogP contribution in [0.3, 0.4) is 0 Å². The topological polar surface area (TPSA) is 81.8 Å². The molecule has 4 amide bonds. The minimum Gasteiger partial charge on any atom is -0.365 e. The van der Waals surface area contributed by atoms with Gasteiger partial charge in [-0.2, -0.15) is 0 Å². The quantitative estimate of drug-likeness (QED) is 0.410. The molecule has 8 heteroatoms. The molecule has 2 aromatic carbocycles. The molecule has 2 N–H and O–H groups in total. The van der Waals surface area contributed by atoms with E-state index < -0.39 is 11.6 Å². The van der Waals surface area contributed by atoms with Crippen molar-refractivity contribution in [2.24, 2.45) is 5.92 Å². The lowest BCUT2D eigenvalue weighted by Crippen LogP contribution is -2.56. The maximum Gasteiger partial charge on any atom is 0.322 e. The highest BCUT2D eigenvalue weighted by Gasteiger charge is 2.45. The molecule has 0 radical (unpaired) electrons. The van der Waals surface area contributed by atoms with E-state index in [-0.39, 0.29) is 36.0 Å². The number of rotatable bonds is 9. The molecular formula is C28H35FN4O3. The summed E-state index contributed by atoms with van der Waals surface area (Å²) in [6, 6.07) is 16.3. The normalized spacial score (nSPS) is 22.8. The molecule has 0 bridgehead atoms. The van der Waals surface area contributed by atoms with Gasteiger partial charge in [0.05, 0.1) is 0 Å². The Morgan fingerprint density at radius 2 is 1.89 bits per heavy atom. The van der Waals surface area contributed by atoms with E-state index in [0.29, 0.717) is 26.1 Å². The van der Waals surface area contributed by atoms with Crippen LogP contribution in [-0.4, -0.2) is 54.0 Å². The number of nitrogens with one attached hydrogen (secondary N) is 2. The Morgan fingerprint density at radius 3 is 2.56 bits per heavy atom. The van der Waals surface area contributed by atoms with Crippen LogP contribution in [0.4, 0.5) is 14.9 Å². The van der Waals surface area contributed by atoms with Crippen molar-refractivity contribution in [3.05, 3.63) is 66.0 Å². The minimum atomic E-state index is -1.11. The van der Waals surface area contributed by atoms with Gasteiger partial charge < -0.3 is 15.1 Å². The lowest BCUT2D eigenvalue weighted by molar-refractivity contribution is -0.138. The number of nitrogens with zero attached hydrogens (tertiary/aromatic N) is 2. The van der Waals surface area contributed by atoms with Crippen molar-refractivity contribution in [2.75, 3.05) is 24.5 Å². The number of amides is 4. The summed E-state index contributed by atoms with van der Waals surface area (Å²) in [4.78, 5) is 42.0. The van der Waals surface area contributed by atoms with Crippen molar-refractivity contribution in [1.82, 2.24) is 15.5 Å². The first kappa shape index (κ1) is 25.7. The molecule has 4 rings (SSSR count). The highest BCUT2D eigenvalue weighted by molar-refractivity contribution is 6.07. The maximum atomic E-state index is 13.8. The average molecular weight is 495 g/mol. The molecule has 36 heavy (non-hydrogen) atoms. The van der Waals surface area contributed by atoms with E-state index in [4.69, 9.17) is 0 Å². The second kappa shape index (κ2) is 11.1. The zero-order valence-corrected chi connectivity index (χ0v) is 21.0. The lowest BCUT2D eigenvalue weighted by atomic mass is 9.84. The van der Waals surface area contributed by atoms with E-state index in [0.717, 1.165) is 24.9 Å². The van der Waals surface area contributed by atoms with Gasteiger partial charge in [-0.15, -0.1) is 0 Å². The number of piperazine rings is 1. The number of hydrogen-bond donors (Lipinski definition) is 2. The van der Waals surface area contributed by atoms with Crippen molar-refractivity contribution in [1.29, 1.82) is 0 Å². The first-order valence-electron chi connectivity index (χ1n) is 12.7. The molecule has 2 saturated heterocycles. The monoisotopic (exact) mass is 494 g/mol. The van der Waals surface area contributed by atoms with Gasteiger partial charge in [0.1, 0.15) is 11.4 Å². The maximum absolute atomic E-state index is 13.8. The number of hydrogen-bond acceptors (Lipinski definition) is 4. The third-order valence-corrected chi connectivity index (χ3v) is 7.31. The van der Waals surface area contributed by atoms with Crippen LogP contribution >= 0.6 is 0 Å². The number of halogens is 1. The lowest BCUT2D eigenvalue weighted by Gasteiger charge is -2.42. The van der Waals surface area contributed by atoms with E-state index in [1.165, 1.54) is 17.7 Å². The molecule has 3 atom stereocenters. The molecule has 0 unspecified atom stereocenters. The summed E-state index contributed by atoms with van der Waals surface area (Å²) in [5.41, 5.74) is 0.966. The standard InChI is InChI=1S/C28H35FN4O3/c1-20-19-32(15-16-33(20)24-14-8-13-23(29)17-24)25(34)22(18-28(2)26(35)30-27(36)31-28)12-7-6-11-21-9-4-3-5-10-21/h3-5,8-10,13-14,17,20,22H,6-7,11-12,15-16,18-19H2,1-2H3,(H2,30,31,35,36)/t20-,22+,28-/m0/s1. The third kappa shape index (κ3) is 6.04. The Bertz CT molecular complexity index is 1100. The first-order valence-corrected chi connectivity index (χ1v) is 12.7. The summed E-state index contributed by atoms with van der Waals surface area (Å²) in [6.07, 6.45) is 3.61. The molecule has 2 aliphatic rings. The van der Waals surface area contributed by atoms with E-state index in [1.807, 2.05) is 36.1 Å². The number of imide groups is 1. The van der Waals surface area contributed by atoms with Crippen LogP contribution in [0.15, 0.2) is 54.6 Å². The number of urea groups is 1. The number of benzene rings is 2. The van der Waals surface area contributed by atoms with E-state index in [2.05, 4.69) is 27.7 Å². The summed E-state index contributed by atoms with van der Waals surface area (Å²) in [7, 11) is 0. The van der Waals surface area contributed by atoms with Gasteiger partial charge in [-0.25, -0.2) is 9.18 Å². The van der Waals surface area contributed by atoms with Crippen molar-refractivity contribution in [3.63, 3.8) is 0 Å². The Labute approximate surface area is 212 Å². The van der Waals surface area contributed by atoms with Crippen LogP contribution in [0.2, 0.25) is 0 Å². The number of anilines is 1. The number of aryl methyl sites for hydroxylation is 1. The molecule has 2 aliphatic heterocycles. The molecule has 2 aromatic rings. The summed E-state index contributed by atoms with van der Waals surface area (Å²) in [6.45, 7) is 5.36. The molecular weight excluding hydrogens is 459 g/mol. The van der Waals surface area contributed by atoms with Gasteiger partial charge in [-0.1, -0.05) is 42.8 Å². The number of unbranched alkanes of at least 4 members (excludes halogenated alkanes) is 1. The number of carbonyl (C=O) groups is 3. The Balaban J connectivity index is 1.41. The van der Waals surface area contributed by atoms with Crippen LogP contribution in [0.25, 0.3) is 0 Å². The molecule has 2 heterocycles. The molecule has 0 spiro atoms. The fourth-order valence-corrected chi connectivity index (χ4v) is 5.35. The van der Waals surface area contributed by atoms with Crippen molar-refractivity contribution in [2.45, 2.75) is 57.5 Å². The van der Waals surface area contributed by atoms with Crippen LogP contribution in [0.1, 0.15) is 45.1 Å². The van der Waals surface area contributed by atoms with Gasteiger partial charge in [-0.3, -0.25) is 14.9 Å². The van der Waals surface area contributed by atoms with Gasteiger partial charge in [0.2, 0.25) is 5.91 Å². The SMILES string of the molecule is C[C@H]1CN(C(=O)[C@H](CCCCc2ccccc2)C[C@]2(C)NC(=O)NC2=O)CCN1c1cccc(F)c1. The van der Waals surface area contributed by atoms with Crippen molar-refractivity contribution in [3.8, 4) is 0 Å². The first-order chi connectivity index (χ1) is 17.2. The predicted molar refractivity (Wildman–Crippen MR) is 137 cm³/mol. The van der Waals surface area contributed by atoms with Gasteiger partial charge in [0.15, 0.2) is 0 Å². The van der Waals surface area contributed by atoms with Gasteiger partial charge in [0.25, 0.3) is 5.91 Å². The van der Waals surface area contributed by atoms with Crippen LogP contribution in [0, 0.1) is 11.7 Å². The van der Waals surface area contributed by atoms with Crippen molar-refractivity contribution >= 4 is 23.5 Å². The van der Waals surface area contributed by atoms with E-state index in [1.54, 1.807) is 13.0 Å². The molecule has 192 valence electrons. The minimum absolute atomic E-state index is 0.00984. The van der Waals surface area contributed by atoms with Gasteiger partial charge in [-0.05, 0) is 63.3 Å². The Morgan fingerprint density at radius 1 is 1.11 bits per heavy atom. The molecule has 0 saturated carbocycles. The summed E-state index contributed by atoms with van der Waals surface area (Å²) in [5.74, 6) is -1.05. The fraction of sp³-hybridized carbons (Fsp3) is 0.464.